The van der Waals surface area contributed by atoms with Crippen LogP contribution in [0.5, 0.6) is 0 Å². The number of H-pyrrole nitrogens is 1. The van der Waals surface area contributed by atoms with Gasteiger partial charge in [0.1, 0.15) is 6.33 Å². The van der Waals surface area contributed by atoms with Crippen LogP contribution in [-0.2, 0) is 4.74 Å². The largest absolute Gasteiger partial charge is 0.454 e. The first-order valence-corrected chi connectivity index (χ1v) is 7.93. The summed E-state index contributed by atoms with van der Waals surface area (Å²) in [5.74, 6) is -0.447. The van der Waals surface area contributed by atoms with Gasteiger partial charge in [0.2, 0.25) is 5.78 Å². The fourth-order valence-corrected chi connectivity index (χ4v) is 2.81. The standard InChI is InChI=1S/C17H19N5O3/c1-9(2)15-13(6-18-17-19-8-20-22(15)17)16(24)25-7-14(23)12-5-10(3)21-11(12)4/h5-6,8-9,21H,7H2,1-4H3. The van der Waals surface area contributed by atoms with Crippen LogP contribution in [0.3, 0.4) is 0 Å². The molecule has 1 N–H and O–H groups in total. The lowest BCUT2D eigenvalue weighted by molar-refractivity contribution is 0.0471. The molecule has 8 nitrogen and oxygen atoms in total. The van der Waals surface area contributed by atoms with E-state index in [2.05, 4.69) is 20.1 Å². The molecule has 130 valence electrons. The minimum Gasteiger partial charge on any atom is -0.454 e. The van der Waals surface area contributed by atoms with Gasteiger partial charge in [0.15, 0.2) is 6.61 Å². The minimum atomic E-state index is -0.605. The van der Waals surface area contributed by atoms with Crippen molar-refractivity contribution in [3.05, 3.63) is 46.8 Å². The van der Waals surface area contributed by atoms with Gasteiger partial charge in [-0.3, -0.25) is 4.79 Å². The van der Waals surface area contributed by atoms with Gasteiger partial charge in [0, 0.05) is 23.1 Å². The Labute approximate surface area is 144 Å². The zero-order chi connectivity index (χ0) is 18.1. The molecular weight excluding hydrogens is 322 g/mol. The number of fused-ring (bicyclic) bond motifs is 1. The molecule has 8 heteroatoms. The number of hydrogen-bond acceptors (Lipinski definition) is 6. The van der Waals surface area contributed by atoms with Crippen molar-refractivity contribution in [2.75, 3.05) is 6.61 Å². The molecule has 0 saturated carbocycles. The van der Waals surface area contributed by atoms with Gasteiger partial charge in [-0.2, -0.15) is 10.1 Å². The summed E-state index contributed by atoms with van der Waals surface area (Å²) in [5.41, 5.74) is 3.10. The number of carbonyl (C=O) groups excluding carboxylic acids is 2. The molecule has 3 aromatic rings. The number of nitrogens with zero attached hydrogens (tertiary/aromatic N) is 4. The Kier molecular flexibility index (Phi) is 4.35. The predicted octanol–water partition coefficient (Wildman–Crippen LogP) is 2.23. The molecule has 0 aliphatic rings. The molecule has 0 spiro atoms. The number of hydrogen-bond donors (Lipinski definition) is 1. The third-order valence-corrected chi connectivity index (χ3v) is 3.89. The van der Waals surface area contributed by atoms with E-state index in [0.717, 1.165) is 11.4 Å². The number of esters is 1. The topological polar surface area (TPSA) is 102 Å². The summed E-state index contributed by atoms with van der Waals surface area (Å²) in [6.07, 6.45) is 2.79. The molecule has 3 rings (SSSR count). The first-order chi connectivity index (χ1) is 11.9. The minimum absolute atomic E-state index is 0.0000179. The maximum absolute atomic E-state index is 12.5. The lowest BCUT2D eigenvalue weighted by Gasteiger charge is -2.12. The van der Waals surface area contributed by atoms with Crippen molar-refractivity contribution in [2.24, 2.45) is 0 Å². The van der Waals surface area contributed by atoms with E-state index in [1.165, 1.54) is 17.0 Å². The van der Waals surface area contributed by atoms with E-state index in [1.54, 1.807) is 6.07 Å². The average Bonchev–Trinajstić information content (AvgIpc) is 3.16. The lowest BCUT2D eigenvalue weighted by Crippen LogP contribution is -2.18. The molecule has 0 bridgehead atoms. The first kappa shape index (κ1) is 16.8. The van der Waals surface area contributed by atoms with Gasteiger partial charge in [-0.15, -0.1) is 0 Å². The molecule has 0 aromatic carbocycles. The highest BCUT2D eigenvalue weighted by Crippen LogP contribution is 2.20. The Balaban J connectivity index is 1.82. The summed E-state index contributed by atoms with van der Waals surface area (Å²) >= 11 is 0. The fraction of sp³-hybridized carbons (Fsp3) is 0.353. The third-order valence-electron chi connectivity index (χ3n) is 3.89. The number of rotatable bonds is 5. The van der Waals surface area contributed by atoms with E-state index >= 15 is 0 Å². The summed E-state index contributed by atoms with van der Waals surface area (Å²) in [6, 6.07) is 1.74. The maximum atomic E-state index is 12.5. The molecule has 0 amide bonds. The highest BCUT2D eigenvalue weighted by molar-refractivity contribution is 6.00. The van der Waals surface area contributed by atoms with Gasteiger partial charge in [-0.05, 0) is 25.8 Å². The molecule has 0 aliphatic heterocycles. The molecular formula is C17H19N5O3. The molecule has 0 radical (unpaired) electrons. The van der Waals surface area contributed by atoms with E-state index in [1.807, 2.05) is 27.7 Å². The van der Waals surface area contributed by atoms with E-state index in [4.69, 9.17) is 4.74 Å². The predicted molar refractivity (Wildman–Crippen MR) is 89.8 cm³/mol. The summed E-state index contributed by atoms with van der Waals surface area (Å²) in [4.78, 5) is 35.9. The van der Waals surface area contributed by atoms with Gasteiger partial charge in [-0.1, -0.05) is 13.8 Å². The molecule has 0 unspecified atom stereocenters. The van der Waals surface area contributed by atoms with Crippen molar-refractivity contribution in [3.63, 3.8) is 0 Å². The van der Waals surface area contributed by atoms with Crippen LogP contribution in [0.15, 0.2) is 18.6 Å². The summed E-state index contributed by atoms with van der Waals surface area (Å²) in [5, 5.41) is 4.10. The lowest BCUT2D eigenvalue weighted by atomic mass is 10.1. The SMILES string of the molecule is Cc1cc(C(=O)COC(=O)c2cnc3ncnn3c2C(C)C)c(C)[nH]1. The van der Waals surface area contributed by atoms with Crippen LogP contribution < -0.4 is 0 Å². The van der Waals surface area contributed by atoms with Gasteiger partial charge in [0.05, 0.1) is 11.3 Å². The van der Waals surface area contributed by atoms with Crippen molar-refractivity contribution < 1.29 is 14.3 Å². The van der Waals surface area contributed by atoms with Gasteiger partial charge in [0.25, 0.3) is 5.78 Å². The van der Waals surface area contributed by atoms with Crippen LogP contribution in [0.1, 0.15) is 57.6 Å². The second-order valence-corrected chi connectivity index (χ2v) is 6.17. The van der Waals surface area contributed by atoms with E-state index in [0.29, 0.717) is 17.0 Å². The summed E-state index contributed by atoms with van der Waals surface area (Å²) in [6.45, 7) is 7.21. The zero-order valence-corrected chi connectivity index (χ0v) is 14.5. The normalized spacial score (nSPS) is 11.2. The highest BCUT2D eigenvalue weighted by atomic mass is 16.5. The first-order valence-electron chi connectivity index (χ1n) is 7.93. The quantitative estimate of drug-likeness (QED) is 0.564. The fourth-order valence-electron chi connectivity index (χ4n) is 2.81. The average molecular weight is 341 g/mol. The number of aromatic amines is 1. The van der Waals surface area contributed by atoms with Crippen molar-refractivity contribution >= 4 is 17.5 Å². The number of Topliss-reactive ketones (excluding diaryl/α,β-unsaturated/α-hetero) is 1. The number of nitrogens with one attached hydrogen (secondary N) is 1. The number of ether oxygens (including phenoxy) is 1. The number of carbonyl (C=O) groups is 2. The van der Waals surface area contributed by atoms with E-state index < -0.39 is 5.97 Å². The molecule has 0 fully saturated rings. The van der Waals surface area contributed by atoms with Crippen molar-refractivity contribution in [2.45, 2.75) is 33.6 Å². The van der Waals surface area contributed by atoms with Crippen LogP contribution in [-0.4, -0.2) is 42.9 Å². The Morgan fingerprint density at radius 1 is 1.24 bits per heavy atom. The van der Waals surface area contributed by atoms with Gasteiger partial charge >= 0.3 is 5.97 Å². The number of aromatic nitrogens is 5. The van der Waals surface area contributed by atoms with Crippen molar-refractivity contribution in [1.82, 2.24) is 24.6 Å². The number of ketones is 1. The van der Waals surface area contributed by atoms with Gasteiger partial charge < -0.3 is 9.72 Å². The second-order valence-electron chi connectivity index (χ2n) is 6.17. The summed E-state index contributed by atoms with van der Waals surface area (Å²) < 4.78 is 6.74. The van der Waals surface area contributed by atoms with Crippen LogP contribution in [0, 0.1) is 13.8 Å². The molecule has 0 saturated heterocycles. The Morgan fingerprint density at radius 2 is 2.00 bits per heavy atom. The van der Waals surface area contributed by atoms with Crippen LogP contribution >= 0.6 is 0 Å². The highest BCUT2D eigenvalue weighted by Gasteiger charge is 2.22. The van der Waals surface area contributed by atoms with Crippen LogP contribution in [0.2, 0.25) is 0 Å². The molecule has 0 atom stereocenters. The Hall–Kier alpha value is -3.03. The van der Waals surface area contributed by atoms with Crippen LogP contribution in [0.25, 0.3) is 5.78 Å². The molecule has 25 heavy (non-hydrogen) atoms. The second kappa shape index (κ2) is 6.46. The number of aryl methyl sites for hydroxylation is 2. The molecule has 3 heterocycles. The maximum Gasteiger partial charge on any atom is 0.342 e. The van der Waals surface area contributed by atoms with Crippen molar-refractivity contribution in [1.29, 1.82) is 0 Å². The smallest absolute Gasteiger partial charge is 0.342 e. The summed E-state index contributed by atoms with van der Waals surface area (Å²) in [7, 11) is 0. The Morgan fingerprint density at radius 3 is 2.64 bits per heavy atom. The molecule has 0 aliphatic carbocycles. The van der Waals surface area contributed by atoms with Crippen molar-refractivity contribution in [3.8, 4) is 0 Å². The third kappa shape index (κ3) is 3.15. The van der Waals surface area contributed by atoms with Crippen LogP contribution in [0.4, 0.5) is 0 Å². The van der Waals surface area contributed by atoms with Gasteiger partial charge in [-0.25, -0.2) is 14.3 Å². The van der Waals surface area contributed by atoms with E-state index in [9.17, 15) is 9.59 Å². The zero-order valence-electron chi connectivity index (χ0n) is 14.5. The Bertz CT molecular complexity index is 955. The van der Waals surface area contributed by atoms with E-state index in [-0.39, 0.29) is 23.9 Å². The monoisotopic (exact) mass is 341 g/mol. The molecule has 3 aromatic heterocycles.